The van der Waals surface area contributed by atoms with Crippen molar-refractivity contribution in [2.45, 2.75) is 33.0 Å². The molecule has 0 unspecified atom stereocenters. The van der Waals surface area contributed by atoms with Crippen LogP contribution in [-0.2, 0) is 5.33 Å². The summed E-state index contributed by atoms with van der Waals surface area (Å²) in [6.45, 7) is 8.00. The lowest BCUT2D eigenvalue weighted by atomic mass is 10.2. The average molecular weight is 851 g/mol. The zero-order valence-electron chi connectivity index (χ0n) is 24.1. The Balaban J connectivity index is 0.000000322. The van der Waals surface area contributed by atoms with Gasteiger partial charge < -0.3 is 0 Å². The molecule has 41 heavy (non-hydrogen) atoms. The Morgan fingerprint density at radius 2 is 0.878 bits per heavy atom. The molecule has 214 valence electrons. The van der Waals surface area contributed by atoms with Gasteiger partial charge in [-0.05, 0) is 86.7 Å². The summed E-state index contributed by atoms with van der Waals surface area (Å²) in [5.74, 6) is 0. The van der Waals surface area contributed by atoms with Crippen molar-refractivity contribution in [3.05, 3.63) is 158 Å². The number of benzene rings is 5. The van der Waals surface area contributed by atoms with Gasteiger partial charge in [0.25, 0.3) is 0 Å². The summed E-state index contributed by atoms with van der Waals surface area (Å²) < 4.78 is 2.33. The minimum atomic E-state index is -0.446. The number of alkyl halides is 1. The van der Waals surface area contributed by atoms with E-state index in [1.165, 1.54) is 25.0 Å². The summed E-state index contributed by atoms with van der Waals surface area (Å²) in [5, 5.41) is 5.14. The van der Waals surface area contributed by atoms with Gasteiger partial charge in [-0.1, -0.05) is 171 Å². The Bertz CT molecular complexity index is 1260. The average Bonchev–Trinajstić information content (AvgIpc) is 3.06. The Morgan fingerprint density at radius 3 is 1.17 bits per heavy atom. The molecular weight excluding hydrogens is 813 g/mol. The van der Waals surface area contributed by atoms with Gasteiger partial charge in [0.05, 0.1) is 0 Å². The van der Waals surface area contributed by atoms with E-state index in [9.17, 15) is 4.79 Å². The van der Waals surface area contributed by atoms with E-state index in [0.29, 0.717) is 0 Å². The van der Waals surface area contributed by atoms with Crippen molar-refractivity contribution < 1.29 is 4.79 Å². The second-order valence-electron chi connectivity index (χ2n) is 7.71. The minimum Gasteiger partial charge on any atom is -0.298 e. The van der Waals surface area contributed by atoms with Crippen molar-refractivity contribution >= 4 is 91.2 Å². The zero-order valence-corrected chi connectivity index (χ0v) is 30.8. The molecule has 0 aliphatic rings. The molecule has 0 fully saturated rings. The fraction of sp³-hybridized carbons (Fsp3) is 0.139. The first-order chi connectivity index (χ1) is 20.1. The Morgan fingerprint density at radius 1 is 0.537 bits per heavy atom. The molecule has 1 nitrogen and oxygen atoms in total. The molecule has 5 rings (SSSR count). The van der Waals surface area contributed by atoms with Crippen LogP contribution in [0.2, 0.25) is 0 Å². The lowest BCUT2D eigenvalue weighted by Gasteiger charge is -2.18. The second kappa shape index (κ2) is 23.7. The van der Waals surface area contributed by atoms with Gasteiger partial charge >= 0.3 is 0 Å². The van der Waals surface area contributed by atoms with Gasteiger partial charge in [-0.2, -0.15) is 0 Å². The fourth-order valence-corrected chi connectivity index (χ4v) is 7.77. The number of hydrogen-bond donors (Lipinski definition) is 0. The zero-order chi connectivity index (χ0) is 30.3. The second-order valence-corrected chi connectivity index (χ2v) is 12.8. The fourth-order valence-electron chi connectivity index (χ4n) is 3.36. The molecule has 0 spiro atoms. The van der Waals surface area contributed by atoms with E-state index in [1.54, 1.807) is 6.07 Å². The van der Waals surface area contributed by atoms with Crippen molar-refractivity contribution in [1.82, 2.24) is 0 Å². The van der Waals surface area contributed by atoms with Crippen LogP contribution < -0.4 is 15.9 Å². The highest BCUT2D eigenvalue weighted by Gasteiger charge is 2.15. The summed E-state index contributed by atoms with van der Waals surface area (Å²) in [6.07, 6.45) is 0.863. The molecule has 0 saturated heterocycles. The third-order valence-corrected chi connectivity index (χ3v) is 10.3. The minimum absolute atomic E-state index is 0.446. The molecule has 0 aromatic heterocycles. The predicted molar refractivity (Wildman–Crippen MR) is 204 cm³/mol. The van der Waals surface area contributed by atoms with Crippen LogP contribution in [0.25, 0.3) is 0 Å². The quantitative estimate of drug-likeness (QED) is 0.0745. The smallest absolute Gasteiger partial charge is 0.151 e. The van der Waals surface area contributed by atoms with Crippen molar-refractivity contribution in [2.24, 2.45) is 0 Å². The Labute approximate surface area is 284 Å². The molecular formula is C36H38BrI2OP. The Kier molecular flexibility index (Phi) is 21.5. The number of halogens is 3. The van der Waals surface area contributed by atoms with Crippen LogP contribution in [0.3, 0.4) is 0 Å². The van der Waals surface area contributed by atoms with E-state index in [4.69, 9.17) is 0 Å². The van der Waals surface area contributed by atoms with Gasteiger partial charge in [-0.25, -0.2) is 0 Å². The lowest BCUT2D eigenvalue weighted by molar-refractivity contribution is 0.112. The Hall–Kier alpha value is -1.86. The van der Waals surface area contributed by atoms with Gasteiger partial charge in [0.15, 0.2) is 6.29 Å². The third kappa shape index (κ3) is 13.8. The standard InChI is InChI=1S/C18H15P.C7H6BrI.C7H5IO.2C2H6/c1-4-10-16(11-5-1)19(17-12-6-2-7-13-17)18-14-8-3-9-15-18;8-5-6-3-1-2-4-7(6)9;8-7-4-2-1-3-6(7)5-9;2*1-2/h1-15H;1-4H,5H2;1-5H;2*1-2H3. The van der Waals surface area contributed by atoms with Gasteiger partial charge in [-0.15, -0.1) is 0 Å². The van der Waals surface area contributed by atoms with Crippen molar-refractivity contribution in [1.29, 1.82) is 0 Å². The van der Waals surface area contributed by atoms with Crippen molar-refractivity contribution in [3.8, 4) is 0 Å². The maximum Gasteiger partial charge on any atom is 0.151 e. The summed E-state index contributed by atoms with van der Waals surface area (Å²) in [4.78, 5) is 10.2. The molecule has 0 radical (unpaired) electrons. The topological polar surface area (TPSA) is 17.1 Å². The third-order valence-electron chi connectivity index (χ3n) is 5.18. The first-order valence-electron chi connectivity index (χ1n) is 13.6. The highest BCUT2D eigenvalue weighted by Crippen LogP contribution is 2.32. The molecule has 0 amide bonds. The van der Waals surface area contributed by atoms with E-state index in [-0.39, 0.29) is 0 Å². The number of rotatable bonds is 5. The first kappa shape index (κ1) is 37.2. The van der Waals surface area contributed by atoms with Crippen LogP contribution in [0, 0.1) is 7.14 Å². The molecule has 5 aromatic rings. The van der Waals surface area contributed by atoms with Gasteiger partial charge in [0.1, 0.15) is 0 Å². The molecule has 0 heterocycles. The number of carbonyl (C=O) groups is 1. The molecule has 0 saturated carbocycles. The van der Waals surface area contributed by atoms with E-state index in [2.05, 4.69) is 170 Å². The van der Waals surface area contributed by atoms with E-state index in [0.717, 1.165) is 20.7 Å². The maximum absolute atomic E-state index is 10.2. The summed E-state index contributed by atoms with van der Waals surface area (Å²) >= 11 is 7.86. The molecule has 0 aliphatic heterocycles. The molecule has 0 aliphatic carbocycles. The SMILES string of the molecule is BrCc1ccccc1I.CC.CC.O=Cc1ccccc1I.c1ccc(P(c2ccccc2)c2ccccc2)cc1. The van der Waals surface area contributed by atoms with Crippen LogP contribution in [0.4, 0.5) is 0 Å². The number of hydrogen-bond acceptors (Lipinski definition) is 1. The van der Waals surface area contributed by atoms with E-state index in [1.807, 2.05) is 52.0 Å². The van der Waals surface area contributed by atoms with Gasteiger partial charge in [0.2, 0.25) is 0 Å². The van der Waals surface area contributed by atoms with Crippen LogP contribution >= 0.6 is 69.0 Å². The predicted octanol–water partition coefficient (Wildman–Crippen LogP) is 10.8. The van der Waals surface area contributed by atoms with Crippen LogP contribution in [0.5, 0.6) is 0 Å². The van der Waals surface area contributed by atoms with Gasteiger partial charge in [0, 0.05) is 18.0 Å². The maximum atomic E-state index is 10.2. The largest absolute Gasteiger partial charge is 0.298 e. The molecule has 5 aromatic carbocycles. The highest BCUT2D eigenvalue weighted by molar-refractivity contribution is 14.1. The highest BCUT2D eigenvalue weighted by atomic mass is 127. The monoisotopic (exact) mass is 850 g/mol. The van der Waals surface area contributed by atoms with Crippen LogP contribution in [0.15, 0.2) is 140 Å². The molecule has 0 atom stereocenters. The summed E-state index contributed by atoms with van der Waals surface area (Å²) in [7, 11) is -0.446. The van der Waals surface area contributed by atoms with Crippen molar-refractivity contribution in [2.75, 3.05) is 0 Å². The lowest BCUT2D eigenvalue weighted by Crippen LogP contribution is -2.20. The van der Waals surface area contributed by atoms with Crippen molar-refractivity contribution in [3.63, 3.8) is 0 Å². The number of carbonyl (C=O) groups excluding carboxylic acids is 1. The summed E-state index contributed by atoms with van der Waals surface area (Å²) in [6, 6.07) is 48.1. The summed E-state index contributed by atoms with van der Waals surface area (Å²) in [5.41, 5.74) is 2.12. The van der Waals surface area contributed by atoms with Gasteiger partial charge in [-0.3, -0.25) is 4.79 Å². The van der Waals surface area contributed by atoms with Crippen LogP contribution in [0.1, 0.15) is 43.6 Å². The molecule has 0 bridgehead atoms. The molecule has 0 N–H and O–H groups in total. The van der Waals surface area contributed by atoms with Crippen LogP contribution in [-0.4, -0.2) is 6.29 Å². The normalized spacial score (nSPS) is 9.27. The van der Waals surface area contributed by atoms with E-state index < -0.39 is 7.92 Å². The molecule has 5 heteroatoms. The van der Waals surface area contributed by atoms with E-state index >= 15 is 0 Å². The number of aldehydes is 1. The first-order valence-corrected chi connectivity index (χ1v) is 18.2.